The number of carbonyl (C=O) groups excluding carboxylic acids is 1. The van der Waals surface area contributed by atoms with Crippen LogP contribution in [0.3, 0.4) is 0 Å². The number of aryl methyl sites for hydroxylation is 1. The summed E-state index contributed by atoms with van der Waals surface area (Å²) in [7, 11) is -4.05. The van der Waals surface area contributed by atoms with E-state index in [-0.39, 0.29) is 11.4 Å². The van der Waals surface area contributed by atoms with E-state index >= 15 is 0 Å². The maximum atomic E-state index is 13.3. The highest BCUT2D eigenvalue weighted by molar-refractivity contribution is 7.99. The van der Waals surface area contributed by atoms with E-state index in [1.807, 2.05) is 37.3 Å². The second-order valence-electron chi connectivity index (χ2n) is 7.17. The third-order valence-corrected chi connectivity index (χ3v) is 7.55. The van der Waals surface area contributed by atoms with Crippen molar-refractivity contribution in [2.75, 3.05) is 23.1 Å². The smallest absolute Gasteiger partial charge is 0.264 e. The van der Waals surface area contributed by atoms with Crippen molar-refractivity contribution in [1.82, 2.24) is 5.32 Å². The van der Waals surface area contributed by atoms with E-state index in [1.54, 1.807) is 36.0 Å². The fourth-order valence-electron chi connectivity index (χ4n) is 2.95. The van der Waals surface area contributed by atoms with Gasteiger partial charge in [-0.3, -0.25) is 9.10 Å². The highest BCUT2D eigenvalue weighted by atomic mass is 32.2. The number of amides is 1. The van der Waals surface area contributed by atoms with Gasteiger partial charge in [0.2, 0.25) is 5.91 Å². The topological polar surface area (TPSA) is 66.5 Å². The summed E-state index contributed by atoms with van der Waals surface area (Å²) in [6, 6.07) is 21.4. The largest absolute Gasteiger partial charge is 0.354 e. The van der Waals surface area contributed by atoms with Gasteiger partial charge in [0.25, 0.3) is 10.0 Å². The number of anilines is 1. The van der Waals surface area contributed by atoms with Gasteiger partial charge in [-0.2, -0.15) is 0 Å². The van der Waals surface area contributed by atoms with Crippen molar-refractivity contribution in [1.29, 1.82) is 0 Å². The molecule has 32 heavy (non-hydrogen) atoms. The number of thioether (sulfide) groups is 1. The number of hydrogen-bond donors (Lipinski definition) is 1. The second kappa shape index (κ2) is 11.2. The van der Waals surface area contributed by atoms with Crippen molar-refractivity contribution in [3.63, 3.8) is 0 Å². The number of sulfonamides is 1. The summed E-state index contributed by atoms with van der Waals surface area (Å²) in [5.74, 6) is -0.0993. The molecule has 0 aliphatic carbocycles. The van der Waals surface area contributed by atoms with Gasteiger partial charge in [-0.15, -0.1) is 11.8 Å². The molecule has 1 amide bonds. The van der Waals surface area contributed by atoms with Crippen molar-refractivity contribution in [2.45, 2.75) is 23.1 Å². The minimum absolute atomic E-state index is 0.0773. The van der Waals surface area contributed by atoms with Crippen LogP contribution in [0, 0.1) is 12.7 Å². The lowest BCUT2D eigenvalue weighted by atomic mass is 10.2. The highest BCUT2D eigenvalue weighted by Crippen LogP contribution is 2.24. The molecular weight excluding hydrogens is 447 g/mol. The van der Waals surface area contributed by atoms with Crippen LogP contribution in [0.1, 0.15) is 12.0 Å². The van der Waals surface area contributed by atoms with E-state index in [1.165, 1.54) is 12.1 Å². The Kier molecular flexibility index (Phi) is 8.30. The molecule has 0 spiro atoms. The molecule has 3 rings (SSSR count). The van der Waals surface area contributed by atoms with Gasteiger partial charge in [0.05, 0.1) is 10.6 Å². The van der Waals surface area contributed by atoms with Crippen molar-refractivity contribution in [3.8, 4) is 0 Å². The van der Waals surface area contributed by atoms with Gasteiger partial charge in [0.1, 0.15) is 12.4 Å². The summed E-state index contributed by atoms with van der Waals surface area (Å²) in [6.07, 6.45) is 0.751. The number of hydrogen-bond acceptors (Lipinski definition) is 4. The third-order valence-electron chi connectivity index (χ3n) is 4.67. The molecule has 8 heteroatoms. The summed E-state index contributed by atoms with van der Waals surface area (Å²) in [4.78, 5) is 13.7. The first-order valence-electron chi connectivity index (χ1n) is 10.2. The first-order chi connectivity index (χ1) is 15.4. The lowest BCUT2D eigenvalue weighted by molar-refractivity contribution is -0.119. The molecule has 5 nitrogen and oxygen atoms in total. The molecule has 0 aliphatic rings. The van der Waals surface area contributed by atoms with Crippen LogP contribution in [0.25, 0.3) is 0 Å². The average Bonchev–Trinajstić information content (AvgIpc) is 2.79. The predicted molar refractivity (Wildman–Crippen MR) is 127 cm³/mol. The van der Waals surface area contributed by atoms with Crippen molar-refractivity contribution in [3.05, 3.63) is 90.2 Å². The molecular formula is C24H25FN2O3S2. The van der Waals surface area contributed by atoms with E-state index < -0.39 is 21.7 Å². The van der Waals surface area contributed by atoms with Gasteiger partial charge in [-0.1, -0.05) is 35.9 Å². The molecule has 0 saturated heterocycles. The van der Waals surface area contributed by atoms with Crippen molar-refractivity contribution < 1.29 is 17.6 Å². The number of halogens is 1. The standard InChI is InChI=1S/C24H25FN2O3S2/c1-19-8-12-21(13-9-19)27(32(29,30)23-14-10-20(25)11-15-23)18-24(28)26-16-5-17-31-22-6-3-2-4-7-22/h2-4,6-15H,5,16-18H2,1H3,(H,26,28). The van der Waals surface area contributed by atoms with E-state index in [0.717, 1.165) is 39.1 Å². The van der Waals surface area contributed by atoms with Crippen LogP contribution in [0.15, 0.2) is 88.7 Å². The van der Waals surface area contributed by atoms with Crippen molar-refractivity contribution >= 4 is 33.4 Å². The Balaban J connectivity index is 1.65. The Morgan fingerprint density at radius 3 is 2.28 bits per heavy atom. The Labute approximate surface area is 192 Å². The van der Waals surface area contributed by atoms with Crippen molar-refractivity contribution in [2.24, 2.45) is 0 Å². The minimum Gasteiger partial charge on any atom is -0.354 e. The Hall–Kier alpha value is -2.84. The number of rotatable bonds is 10. The number of nitrogens with one attached hydrogen (secondary N) is 1. The Bertz CT molecular complexity index is 1120. The molecule has 0 fully saturated rings. The van der Waals surface area contributed by atoms with Gasteiger partial charge < -0.3 is 5.32 Å². The summed E-state index contributed by atoms with van der Waals surface area (Å²) in [6.45, 7) is 1.97. The van der Waals surface area contributed by atoms with E-state index in [9.17, 15) is 17.6 Å². The van der Waals surface area contributed by atoms with Crippen LogP contribution >= 0.6 is 11.8 Å². The fourth-order valence-corrected chi connectivity index (χ4v) is 5.25. The van der Waals surface area contributed by atoms with E-state index in [2.05, 4.69) is 5.32 Å². The van der Waals surface area contributed by atoms with E-state index in [0.29, 0.717) is 12.2 Å². The quantitative estimate of drug-likeness (QED) is 0.345. The zero-order chi connectivity index (χ0) is 23.0. The van der Waals surface area contributed by atoms with Gasteiger partial charge in [0, 0.05) is 11.4 Å². The van der Waals surface area contributed by atoms with E-state index in [4.69, 9.17) is 0 Å². The van der Waals surface area contributed by atoms with Gasteiger partial charge in [-0.25, -0.2) is 12.8 Å². The number of benzene rings is 3. The maximum Gasteiger partial charge on any atom is 0.264 e. The lowest BCUT2D eigenvalue weighted by Gasteiger charge is -2.24. The SMILES string of the molecule is Cc1ccc(N(CC(=O)NCCCSc2ccccc2)S(=O)(=O)c2ccc(F)cc2)cc1. The van der Waals surface area contributed by atoms with Gasteiger partial charge >= 0.3 is 0 Å². The molecule has 3 aromatic rings. The molecule has 0 aromatic heterocycles. The summed E-state index contributed by atoms with van der Waals surface area (Å²) in [5.41, 5.74) is 1.34. The first kappa shape index (κ1) is 23.8. The van der Waals surface area contributed by atoms with Crippen LogP contribution in [0.2, 0.25) is 0 Å². The Morgan fingerprint density at radius 1 is 0.969 bits per heavy atom. The molecule has 0 radical (unpaired) electrons. The van der Waals surface area contributed by atoms with Crippen LogP contribution in [0.4, 0.5) is 10.1 Å². The molecule has 3 aromatic carbocycles. The molecule has 0 saturated carbocycles. The summed E-state index contributed by atoms with van der Waals surface area (Å²) >= 11 is 1.70. The molecule has 0 unspecified atom stereocenters. The molecule has 0 aliphatic heterocycles. The molecule has 0 atom stereocenters. The zero-order valence-corrected chi connectivity index (χ0v) is 19.3. The zero-order valence-electron chi connectivity index (χ0n) is 17.7. The van der Waals surface area contributed by atoms with Crippen LogP contribution in [0.5, 0.6) is 0 Å². The third kappa shape index (κ3) is 6.58. The average molecular weight is 473 g/mol. The van der Waals surface area contributed by atoms with Gasteiger partial charge in [-0.05, 0) is 67.6 Å². The first-order valence-corrected chi connectivity index (χ1v) is 12.6. The molecule has 1 N–H and O–H groups in total. The van der Waals surface area contributed by atoms with Crippen LogP contribution < -0.4 is 9.62 Å². The molecule has 0 heterocycles. The molecule has 168 valence electrons. The highest BCUT2D eigenvalue weighted by Gasteiger charge is 2.27. The van der Waals surface area contributed by atoms with Gasteiger partial charge in [0.15, 0.2) is 0 Å². The number of carbonyl (C=O) groups is 1. The normalized spacial score (nSPS) is 11.2. The van der Waals surface area contributed by atoms with Crippen LogP contribution in [-0.2, 0) is 14.8 Å². The summed E-state index contributed by atoms with van der Waals surface area (Å²) < 4.78 is 40.8. The van der Waals surface area contributed by atoms with Crippen LogP contribution in [-0.4, -0.2) is 33.2 Å². The Morgan fingerprint density at radius 2 is 1.62 bits per heavy atom. The maximum absolute atomic E-state index is 13.3. The fraction of sp³-hybridized carbons (Fsp3) is 0.208. The lowest BCUT2D eigenvalue weighted by Crippen LogP contribution is -2.41. The monoisotopic (exact) mass is 472 g/mol. The second-order valence-corrected chi connectivity index (χ2v) is 10.2. The minimum atomic E-state index is -4.05. The number of nitrogens with zero attached hydrogens (tertiary/aromatic N) is 1. The summed E-state index contributed by atoms with van der Waals surface area (Å²) in [5, 5.41) is 2.79. The molecule has 0 bridgehead atoms. The predicted octanol–water partition coefficient (Wildman–Crippen LogP) is 4.63.